The van der Waals surface area contributed by atoms with Gasteiger partial charge >= 0.3 is 0 Å². The summed E-state index contributed by atoms with van der Waals surface area (Å²) < 4.78 is 0. The lowest BCUT2D eigenvalue weighted by atomic mass is 10.4. The normalized spacial score (nSPS) is 9.47. The van der Waals surface area contributed by atoms with E-state index in [0.717, 1.165) is 4.88 Å². The molecular weight excluding hydrogens is 254 g/mol. The van der Waals surface area contributed by atoms with Gasteiger partial charge in [0.25, 0.3) is 5.91 Å². The Morgan fingerprint density at radius 3 is 3.18 bits per heavy atom. The smallest absolute Gasteiger partial charge is 0.267 e. The maximum absolute atomic E-state index is 11.7. The molecule has 3 N–H and O–H groups in total. The number of nitrogens with zero attached hydrogens (tertiary/aromatic N) is 1. The van der Waals surface area contributed by atoms with Gasteiger partial charge in [-0.15, -0.1) is 11.3 Å². The lowest BCUT2D eigenvalue weighted by molar-refractivity contribution is 0.103. The highest BCUT2D eigenvalue weighted by Gasteiger charge is 2.08. The molecule has 86 valence electrons. The van der Waals surface area contributed by atoms with E-state index in [9.17, 15) is 4.79 Å². The summed E-state index contributed by atoms with van der Waals surface area (Å²) in [5.74, 6) is 5.46. The lowest BCUT2D eigenvalue weighted by Gasteiger charge is -1.96. The van der Waals surface area contributed by atoms with E-state index >= 15 is 0 Å². The Morgan fingerprint density at radius 2 is 2.47 bits per heavy atom. The maximum atomic E-state index is 11.7. The molecule has 2 aromatic rings. The molecule has 0 aliphatic rings. The van der Waals surface area contributed by atoms with Gasteiger partial charge in [-0.05, 0) is 11.4 Å². The van der Waals surface area contributed by atoms with E-state index in [0.29, 0.717) is 16.6 Å². The molecule has 6 heteroatoms. The van der Waals surface area contributed by atoms with Gasteiger partial charge in [-0.3, -0.25) is 10.1 Å². The molecule has 1 amide bonds. The lowest BCUT2D eigenvalue weighted by Crippen LogP contribution is -2.09. The Balaban J connectivity index is 2.04. The molecule has 0 fully saturated rings. The molecule has 0 aliphatic heterocycles. The van der Waals surface area contributed by atoms with Crippen molar-refractivity contribution < 1.29 is 4.79 Å². The second-order valence-corrected chi connectivity index (χ2v) is 4.95. The molecule has 17 heavy (non-hydrogen) atoms. The first kappa shape index (κ1) is 11.8. The number of aromatic nitrogens is 1. The van der Waals surface area contributed by atoms with Gasteiger partial charge in [0.2, 0.25) is 0 Å². The van der Waals surface area contributed by atoms with Gasteiger partial charge < -0.3 is 5.73 Å². The number of hydrogen-bond donors (Lipinski definition) is 2. The predicted octanol–water partition coefficient (Wildman–Crippen LogP) is 1.77. The number of thiazole rings is 1. The maximum Gasteiger partial charge on any atom is 0.267 e. The quantitative estimate of drug-likeness (QED) is 0.811. The number of carbonyl (C=O) groups excluding carboxylic acids is 1. The molecule has 0 atom stereocenters. The van der Waals surface area contributed by atoms with E-state index in [1.54, 1.807) is 12.3 Å². The van der Waals surface area contributed by atoms with Crippen molar-refractivity contribution in [3.63, 3.8) is 0 Å². The first-order valence-corrected chi connectivity index (χ1v) is 6.49. The van der Waals surface area contributed by atoms with Crippen molar-refractivity contribution in [2.24, 2.45) is 5.73 Å². The molecule has 2 heterocycles. The molecule has 2 aromatic heterocycles. The van der Waals surface area contributed by atoms with E-state index in [2.05, 4.69) is 22.1 Å². The van der Waals surface area contributed by atoms with Gasteiger partial charge in [-0.25, -0.2) is 4.98 Å². The molecule has 0 saturated carbocycles. The number of nitrogens with two attached hydrogens (primary N) is 1. The van der Waals surface area contributed by atoms with Gasteiger partial charge in [-0.1, -0.05) is 29.2 Å². The standard InChI is InChI=1S/C11H9N3OS2/c12-5-1-3-8-7-13-11(17-8)14-10(15)9-4-2-6-16-9/h2,4,6-7H,5,12H2,(H,13,14,15). The highest BCUT2D eigenvalue weighted by Crippen LogP contribution is 2.18. The summed E-state index contributed by atoms with van der Waals surface area (Å²) in [7, 11) is 0. The second-order valence-electron chi connectivity index (χ2n) is 2.97. The van der Waals surface area contributed by atoms with Crippen LogP contribution in [0.25, 0.3) is 0 Å². The fraction of sp³-hybridized carbons (Fsp3) is 0.0909. The van der Waals surface area contributed by atoms with Crippen molar-refractivity contribution in [1.82, 2.24) is 4.98 Å². The third kappa shape index (κ3) is 3.14. The molecule has 4 nitrogen and oxygen atoms in total. The Morgan fingerprint density at radius 1 is 1.59 bits per heavy atom. The molecule has 2 rings (SSSR count). The van der Waals surface area contributed by atoms with E-state index in [1.807, 2.05) is 11.4 Å². The van der Waals surface area contributed by atoms with Crippen LogP contribution in [0.15, 0.2) is 23.7 Å². The second kappa shape index (κ2) is 5.59. The van der Waals surface area contributed by atoms with Gasteiger partial charge in [-0.2, -0.15) is 0 Å². The molecule has 0 saturated heterocycles. The largest absolute Gasteiger partial charge is 0.320 e. The first-order valence-electron chi connectivity index (χ1n) is 4.79. The molecule has 0 radical (unpaired) electrons. The molecule has 0 aliphatic carbocycles. The molecule has 0 spiro atoms. The topological polar surface area (TPSA) is 68.0 Å². The minimum absolute atomic E-state index is 0.146. The zero-order valence-electron chi connectivity index (χ0n) is 8.77. The number of nitrogens with one attached hydrogen (secondary N) is 1. The van der Waals surface area contributed by atoms with Crippen LogP contribution in [0.4, 0.5) is 5.13 Å². The highest BCUT2D eigenvalue weighted by atomic mass is 32.1. The fourth-order valence-corrected chi connectivity index (χ4v) is 2.40. The minimum Gasteiger partial charge on any atom is -0.320 e. The molecule has 0 bridgehead atoms. The number of thiophene rings is 1. The van der Waals surface area contributed by atoms with Crippen LogP contribution in [-0.4, -0.2) is 17.4 Å². The van der Waals surface area contributed by atoms with Gasteiger partial charge in [0.15, 0.2) is 5.13 Å². The first-order chi connectivity index (χ1) is 8.29. The number of carbonyl (C=O) groups is 1. The molecular formula is C11H9N3OS2. The Labute approximate surface area is 106 Å². The average Bonchev–Trinajstić information content (AvgIpc) is 2.97. The number of hydrogen-bond acceptors (Lipinski definition) is 5. The zero-order chi connectivity index (χ0) is 12.1. The Hall–Kier alpha value is -1.68. The summed E-state index contributed by atoms with van der Waals surface area (Å²) in [6, 6.07) is 3.60. The van der Waals surface area contributed by atoms with E-state index in [4.69, 9.17) is 5.73 Å². The van der Waals surface area contributed by atoms with Crippen molar-refractivity contribution in [3.05, 3.63) is 33.5 Å². The Kier molecular flexibility index (Phi) is 3.88. The van der Waals surface area contributed by atoms with Crippen molar-refractivity contribution in [1.29, 1.82) is 0 Å². The number of anilines is 1. The summed E-state index contributed by atoms with van der Waals surface area (Å²) in [6.07, 6.45) is 1.62. The summed E-state index contributed by atoms with van der Waals surface area (Å²) in [5, 5.41) is 5.12. The van der Waals surface area contributed by atoms with Crippen LogP contribution in [0.1, 0.15) is 14.5 Å². The van der Waals surface area contributed by atoms with Crippen LogP contribution in [-0.2, 0) is 0 Å². The van der Waals surface area contributed by atoms with Crippen LogP contribution in [0.5, 0.6) is 0 Å². The fourth-order valence-electron chi connectivity index (χ4n) is 1.09. The summed E-state index contributed by atoms with van der Waals surface area (Å²) >= 11 is 2.72. The van der Waals surface area contributed by atoms with E-state index in [-0.39, 0.29) is 5.91 Å². The summed E-state index contributed by atoms with van der Waals surface area (Å²) in [6.45, 7) is 0.314. The van der Waals surface area contributed by atoms with Crippen molar-refractivity contribution >= 4 is 33.7 Å². The van der Waals surface area contributed by atoms with E-state index < -0.39 is 0 Å². The van der Waals surface area contributed by atoms with Crippen LogP contribution >= 0.6 is 22.7 Å². The average molecular weight is 263 g/mol. The van der Waals surface area contributed by atoms with Crippen molar-refractivity contribution in [2.45, 2.75) is 0 Å². The van der Waals surface area contributed by atoms with Gasteiger partial charge in [0.1, 0.15) is 0 Å². The van der Waals surface area contributed by atoms with Crippen molar-refractivity contribution in [3.8, 4) is 11.8 Å². The van der Waals surface area contributed by atoms with Crippen LogP contribution in [0.3, 0.4) is 0 Å². The third-order valence-electron chi connectivity index (χ3n) is 1.78. The highest BCUT2D eigenvalue weighted by molar-refractivity contribution is 7.16. The van der Waals surface area contributed by atoms with Gasteiger partial charge in [0.05, 0.1) is 22.5 Å². The molecule has 0 aromatic carbocycles. The van der Waals surface area contributed by atoms with Crippen molar-refractivity contribution in [2.75, 3.05) is 11.9 Å². The summed E-state index contributed by atoms with van der Waals surface area (Å²) in [5.41, 5.74) is 5.27. The third-order valence-corrected chi connectivity index (χ3v) is 3.48. The monoisotopic (exact) mass is 263 g/mol. The minimum atomic E-state index is -0.146. The zero-order valence-corrected chi connectivity index (χ0v) is 10.4. The Bertz CT molecular complexity index is 563. The predicted molar refractivity (Wildman–Crippen MR) is 70.3 cm³/mol. The summed E-state index contributed by atoms with van der Waals surface area (Å²) in [4.78, 5) is 17.2. The van der Waals surface area contributed by atoms with Crippen LogP contribution in [0.2, 0.25) is 0 Å². The number of rotatable bonds is 2. The van der Waals surface area contributed by atoms with E-state index in [1.165, 1.54) is 22.7 Å². The SMILES string of the molecule is NCC#Cc1cnc(NC(=O)c2cccs2)s1. The molecule has 0 unspecified atom stereocenters. The van der Waals surface area contributed by atoms with Gasteiger partial charge in [0, 0.05) is 0 Å². The number of amides is 1. The van der Waals surface area contributed by atoms with Crippen LogP contribution in [0, 0.1) is 11.8 Å². The van der Waals surface area contributed by atoms with Crippen LogP contribution < -0.4 is 11.1 Å².